The first kappa shape index (κ1) is 24.2. The summed E-state index contributed by atoms with van der Waals surface area (Å²) in [4.78, 5) is 29.9. The van der Waals surface area contributed by atoms with Crippen molar-refractivity contribution in [3.8, 4) is 22.7 Å². The molecule has 3 heterocycles. The van der Waals surface area contributed by atoms with Crippen LogP contribution in [0.4, 0.5) is 0 Å². The van der Waals surface area contributed by atoms with Gasteiger partial charge < -0.3 is 19.8 Å². The second kappa shape index (κ2) is 10.3. The number of carbonyl (C=O) groups is 2. The van der Waals surface area contributed by atoms with E-state index in [9.17, 15) is 9.59 Å². The molecule has 9 heteroatoms. The van der Waals surface area contributed by atoms with E-state index >= 15 is 0 Å². The lowest BCUT2D eigenvalue weighted by atomic mass is 10.1. The van der Waals surface area contributed by atoms with E-state index in [0.717, 1.165) is 36.8 Å². The zero-order chi connectivity index (χ0) is 25.2. The van der Waals surface area contributed by atoms with Gasteiger partial charge in [-0.25, -0.2) is 4.98 Å². The van der Waals surface area contributed by atoms with E-state index in [4.69, 9.17) is 14.3 Å². The van der Waals surface area contributed by atoms with E-state index in [1.165, 1.54) is 6.20 Å². The number of amides is 2. The van der Waals surface area contributed by atoms with Gasteiger partial charge in [-0.2, -0.15) is 5.10 Å². The topological polar surface area (TPSA) is 111 Å². The van der Waals surface area contributed by atoms with Gasteiger partial charge >= 0.3 is 0 Å². The lowest BCUT2D eigenvalue weighted by Crippen LogP contribution is -2.38. The maximum Gasteiger partial charge on any atom is 0.288 e. The minimum Gasteiger partial charge on any atom is -0.431 e. The van der Waals surface area contributed by atoms with Gasteiger partial charge in [0, 0.05) is 23.2 Å². The Balaban J connectivity index is 1.38. The fourth-order valence-corrected chi connectivity index (χ4v) is 4.42. The van der Waals surface area contributed by atoms with Crippen molar-refractivity contribution in [1.82, 2.24) is 25.4 Å². The molecule has 5 rings (SSSR count). The van der Waals surface area contributed by atoms with Gasteiger partial charge in [0.1, 0.15) is 5.69 Å². The molecule has 1 aromatic carbocycles. The summed E-state index contributed by atoms with van der Waals surface area (Å²) in [7, 11) is 0. The summed E-state index contributed by atoms with van der Waals surface area (Å²) < 4.78 is 12.9. The van der Waals surface area contributed by atoms with Crippen molar-refractivity contribution in [1.29, 1.82) is 0 Å². The Kier molecular flexibility index (Phi) is 6.91. The summed E-state index contributed by atoms with van der Waals surface area (Å²) in [6, 6.07) is 9.73. The average Bonchev–Trinajstić information content (AvgIpc) is 3.43. The SMILES string of the molecule is CCC(CC)NC(=O)c1cnc(-c2cccc(-c3cc(C(=O)NC(C)C4CC4)n(C4COC4)n3)c2)o1. The van der Waals surface area contributed by atoms with Gasteiger partial charge in [-0.3, -0.25) is 14.3 Å². The highest BCUT2D eigenvalue weighted by molar-refractivity contribution is 5.94. The first-order valence-electron chi connectivity index (χ1n) is 12.8. The standard InChI is InChI=1S/C27H33N5O4/c1-4-20(5-2)30-26(34)24-13-28-27(36-24)19-8-6-7-18(11-19)22-12-23(32(31-22)21-14-35-15-21)25(33)29-16(3)17-9-10-17/h6-8,11-13,16-17,20-21H,4-5,9-10,14-15H2,1-3H3,(H,29,33)(H,30,34). The van der Waals surface area contributed by atoms with Gasteiger partial charge in [-0.15, -0.1) is 0 Å². The molecule has 190 valence electrons. The molecule has 2 fully saturated rings. The number of rotatable bonds is 10. The molecule has 2 amide bonds. The molecule has 36 heavy (non-hydrogen) atoms. The summed E-state index contributed by atoms with van der Waals surface area (Å²) >= 11 is 0. The zero-order valence-electron chi connectivity index (χ0n) is 21.0. The van der Waals surface area contributed by atoms with Crippen LogP contribution in [0.3, 0.4) is 0 Å². The number of benzene rings is 1. The van der Waals surface area contributed by atoms with Crippen molar-refractivity contribution in [2.24, 2.45) is 5.92 Å². The third kappa shape index (κ3) is 5.06. The van der Waals surface area contributed by atoms with Crippen LogP contribution in [0, 0.1) is 5.92 Å². The lowest BCUT2D eigenvalue weighted by molar-refractivity contribution is -0.0294. The summed E-state index contributed by atoms with van der Waals surface area (Å²) in [5.74, 6) is 0.721. The van der Waals surface area contributed by atoms with Crippen LogP contribution in [0.25, 0.3) is 22.7 Å². The molecule has 2 N–H and O–H groups in total. The van der Waals surface area contributed by atoms with E-state index in [1.807, 2.05) is 44.2 Å². The Morgan fingerprint density at radius 1 is 1.08 bits per heavy atom. The first-order chi connectivity index (χ1) is 17.5. The van der Waals surface area contributed by atoms with Gasteiger partial charge in [0.25, 0.3) is 11.8 Å². The normalized spacial score (nSPS) is 16.6. The third-order valence-corrected chi connectivity index (χ3v) is 7.08. The Labute approximate surface area is 210 Å². The molecule has 3 aromatic rings. The van der Waals surface area contributed by atoms with Gasteiger partial charge in [0.2, 0.25) is 11.7 Å². The molecule has 0 bridgehead atoms. The minimum absolute atomic E-state index is 0.0433. The number of hydrogen-bond acceptors (Lipinski definition) is 6. The summed E-state index contributed by atoms with van der Waals surface area (Å²) in [6.07, 6.45) is 5.48. The molecule has 2 aliphatic rings. The fourth-order valence-electron chi connectivity index (χ4n) is 4.42. The van der Waals surface area contributed by atoms with Crippen molar-refractivity contribution in [3.05, 3.63) is 48.0 Å². The quantitative estimate of drug-likeness (QED) is 0.439. The first-order valence-corrected chi connectivity index (χ1v) is 12.8. The van der Waals surface area contributed by atoms with Crippen molar-refractivity contribution >= 4 is 11.8 Å². The Hall–Kier alpha value is -3.46. The summed E-state index contributed by atoms with van der Waals surface area (Å²) in [5, 5.41) is 10.9. The van der Waals surface area contributed by atoms with Crippen molar-refractivity contribution in [3.63, 3.8) is 0 Å². The number of ether oxygens (including phenoxy) is 1. The number of oxazole rings is 1. The maximum atomic E-state index is 13.1. The highest BCUT2D eigenvalue weighted by Crippen LogP contribution is 2.33. The molecule has 0 spiro atoms. The molecule has 9 nitrogen and oxygen atoms in total. The smallest absolute Gasteiger partial charge is 0.288 e. The van der Waals surface area contributed by atoms with Crippen LogP contribution in [-0.2, 0) is 4.74 Å². The Bertz CT molecular complexity index is 1240. The monoisotopic (exact) mass is 491 g/mol. The van der Waals surface area contributed by atoms with Crippen molar-refractivity contribution in [2.75, 3.05) is 13.2 Å². The second-order valence-corrected chi connectivity index (χ2v) is 9.75. The minimum atomic E-state index is -0.267. The van der Waals surface area contributed by atoms with Crippen molar-refractivity contribution < 1.29 is 18.7 Å². The van der Waals surface area contributed by atoms with Gasteiger partial charge in [-0.05, 0) is 56.7 Å². The molecule has 1 atom stereocenters. The highest BCUT2D eigenvalue weighted by Gasteiger charge is 2.32. The van der Waals surface area contributed by atoms with E-state index < -0.39 is 0 Å². The molecule has 1 aliphatic heterocycles. The average molecular weight is 492 g/mol. The molecular weight excluding hydrogens is 458 g/mol. The number of nitrogens with one attached hydrogen (secondary N) is 2. The second-order valence-electron chi connectivity index (χ2n) is 9.75. The molecule has 1 saturated carbocycles. The highest BCUT2D eigenvalue weighted by atomic mass is 16.5. The summed E-state index contributed by atoms with van der Waals surface area (Å²) in [5.41, 5.74) is 2.78. The van der Waals surface area contributed by atoms with E-state index in [1.54, 1.807) is 4.68 Å². The van der Waals surface area contributed by atoms with E-state index in [0.29, 0.717) is 36.4 Å². The van der Waals surface area contributed by atoms with Crippen LogP contribution in [-0.4, -0.2) is 51.9 Å². The maximum absolute atomic E-state index is 13.1. The number of carbonyl (C=O) groups excluding carboxylic acids is 2. The molecule has 1 aliphatic carbocycles. The third-order valence-electron chi connectivity index (χ3n) is 7.08. The largest absolute Gasteiger partial charge is 0.431 e. The van der Waals surface area contributed by atoms with Crippen LogP contribution >= 0.6 is 0 Å². The molecule has 0 radical (unpaired) electrons. The summed E-state index contributed by atoms with van der Waals surface area (Å²) in [6.45, 7) is 7.21. The molecular formula is C27H33N5O4. The van der Waals surface area contributed by atoms with E-state index in [-0.39, 0.29) is 35.7 Å². The lowest BCUT2D eigenvalue weighted by Gasteiger charge is -2.27. The van der Waals surface area contributed by atoms with Crippen LogP contribution in [0.15, 0.2) is 40.9 Å². The van der Waals surface area contributed by atoms with E-state index in [2.05, 4.69) is 22.5 Å². The molecule has 1 saturated heterocycles. The van der Waals surface area contributed by atoms with Gasteiger partial charge in [-0.1, -0.05) is 26.0 Å². The van der Waals surface area contributed by atoms with Crippen LogP contribution in [0.2, 0.25) is 0 Å². The van der Waals surface area contributed by atoms with Crippen LogP contribution < -0.4 is 10.6 Å². The predicted octanol–water partition coefficient (Wildman–Crippen LogP) is 4.22. The van der Waals surface area contributed by atoms with Crippen molar-refractivity contribution in [2.45, 2.75) is 64.6 Å². The number of nitrogens with zero attached hydrogens (tertiary/aromatic N) is 3. The van der Waals surface area contributed by atoms with Gasteiger partial charge in [0.15, 0.2) is 0 Å². The number of aromatic nitrogens is 3. The molecule has 2 aromatic heterocycles. The number of hydrogen-bond donors (Lipinski definition) is 2. The zero-order valence-corrected chi connectivity index (χ0v) is 21.0. The fraction of sp³-hybridized carbons (Fsp3) is 0.481. The van der Waals surface area contributed by atoms with Crippen LogP contribution in [0.5, 0.6) is 0 Å². The Morgan fingerprint density at radius 3 is 2.50 bits per heavy atom. The molecule has 1 unspecified atom stereocenters. The predicted molar refractivity (Wildman–Crippen MR) is 135 cm³/mol. The Morgan fingerprint density at radius 2 is 1.83 bits per heavy atom. The van der Waals surface area contributed by atoms with Gasteiger partial charge in [0.05, 0.1) is 31.1 Å². The van der Waals surface area contributed by atoms with Crippen LogP contribution in [0.1, 0.15) is 73.5 Å².